The van der Waals surface area contributed by atoms with Crippen molar-refractivity contribution < 1.29 is 0 Å². The van der Waals surface area contributed by atoms with Crippen LogP contribution in [0, 0.1) is 6.92 Å². The molecule has 2 nitrogen and oxygen atoms in total. The number of para-hydroxylation sites is 1. The number of rotatable bonds is 0. The Labute approximate surface area is 91.9 Å². The van der Waals surface area contributed by atoms with Gasteiger partial charge in [0.25, 0.3) is 0 Å². The molecule has 0 unspecified atom stereocenters. The second kappa shape index (κ2) is 2.97. The SMILES string of the molecule is Cc1cc2[nH]c3ccccc3c2c(Cl)n1. The third-order valence-corrected chi connectivity index (χ3v) is 2.84. The Hall–Kier alpha value is -1.54. The number of benzene rings is 1. The normalized spacial score (nSPS) is 11.3. The first-order valence-corrected chi connectivity index (χ1v) is 5.17. The molecular formula is C12H9ClN2. The predicted molar refractivity (Wildman–Crippen MR) is 63.3 cm³/mol. The molecule has 0 atom stereocenters. The maximum absolute atomic E-state index is 6.15. The van der Waals surface area contributed by atoms with Crippen molar-refractivity contribution in [2.75, 3.05) is 0 Å². The molecule has 0 bridgehead atoms. The lowest BCUT2D eigenvalue weighted by molar-refractivity contribution is 1.22. The highest BCUT2D eigenvalue weighted by molar-refractivity contribution is 6.36. The topological polar surface area (TPSA) is 28.7 Å². The molecule has 1 N–H and O–H groups in total. The van der Waals surface area contributed by atoms with Gasteiger partial charge in [-0.05, 0) is 19.1 Å². The molecule has 3 rings (SSSR count). The van der Waals surface area contributed by atoms with Gasteiger partial charge in [-0.15, -0.1) is 0 Å². The van der Waals surface area contributed by atoms with Gasteiger partial charge in [-0.2, -0.15) is 0 Å². The minimum absolute atomic E-state index is 0.572. The largest absolute Gasteiger partial charge is 0.354 e. The fourth-order valence-corrected chi connectivity index (χ4v) is 2.28. The van der Waals surface area contributed by atoms with Crippen molar-refractivity contribution in [3.05, 3.63) is 41.2 Å². The molecule has 3 aromatic rings. The average molecular weight is 217 g/mol. The quantitative estimate of drug-likeness (QED) is 0.571. The monoisotopic (exact) mass is 216 g/mol. The van der Waals surface area contributed by atoms with Gasteiger partial charge in [0.2, 0.25) is 0 Å². The van der Waals surface area contributed by atoms with Crippen LogP contribution in [0.3, 0.4) is 0 Å². The van der Waals surface area contributed by atoms with Crippen molar-refractivity contribution >= 4 is 33.4 Å². The van der Waals surface area contributed by atoms with E-state index < -0.39 is 0 Å². The standard InChI is InChI=1S/C12H9ClN2/c1-7-6-10-11(12(13)14-7)8-4-2-3-5-9(8)15-10/h2-6,15H,1H3. The Balaban J connectivity index is 2.61. The summed E-state index contributed by atoms with van der Waals surface area (Å²) in [5.74, 6) is 0. The summed E-state index contributed by atoms with van der Waals surface area (Å²) in [6.45, 7) is 1.94. The first-order chi connectivity index (χ1) is 7.25. The third-order valence-electron chi connectivity index (χ3n) is 2.57. The van der Waals surface area contributed by atoms with Crippen LogP contribution in [0.5, 0.6) is 0 Å². The Morgan fingerprint density at radius 2 is 2.00 bits per heavy atom. The molecular weight excluding hydrogens is 208 g/mol. The summed E-state index contributed by atoms with van der Waals surface area (Å²) in [6.07, 6.45) is 0. The lowest BCUT2D eigenvalue weighted by Crippen LogP contribution is -1.81. The summed E-state index contributed by atoms with van der Waals surface area (Å²) in [5.41, 5.74) is 3.08. The zero-order valence-corrected chi connectivity index (χ0v) is 8.97. The molecule has 0 fully saturated rings. The molecule has 0 aliphatic carbocycles. The predicted octanol–water partition coefficient (Wildman–Crippen LogP) is 3.68. The van der Waals surface area contributed by atoms with Gasteiger partial charge in [0.15, 0.2) is 0 Å². The highest BCUT2D eigenvalue weighted by Crippen LogP contribution is 2.30. The Morgan fingerprint density at radius 3 is 2.87 bits per heavy atom. The van der Waals surface area contributed by atoms with E-state index >= 15 is 0 Å². The number of hydrogen-bond acceptors (Lipinski definition) is 1. The number of halogens is 1. The van der Waals surface area contributed by atoms with Crippen LogP contribution in [0.25, 0.3) is 21.8 Å². The Bertz CT molecular complexity index is 655. The molecule has 2 heterocycles. The highest BCUT2D eigenvalue weighted by Gasteiger charge is 2.08. The van der Waals surface area contributed by atoms with E-state index in [9.17, 15) is 0 Å². The van der Waals surface area contributed by atoms with Gasteiger partial charge in [-0.3, -0.25) is 0 Å². The number of pyridine rings is 1. The van der Waals surface area contributed by atoms with Gasteiger partial charge in [-0.25, -0.2) is 4.98 Å². The van der Waals surface area contributed by atoms with Crippen LogP contribution in [-0.4, -0.2) is 9.97 Å². The van der Waals surface area contributed by atoms with E-state index in [0.717, 1.165) is 27.5 Å². The van der Waals surface area contributed by atoms with Crippen LogP contribution in [0.1, 0.15) is 5.69 Å². The molecule has 0 radical (unpaired) electrons. The van der Waals surface area contributed by atoms with E-state index in [1.807, 2.05) is 31.2 Å². The number of aromatic nitrogens is 2. The fraction of sp³-hybridized carbons (Fsp3) is 0.0833. The minimum Gasteiger partial charge on any atom is -0.354 e. The van der Waals surface area contributed by atoms with Crippen LogP contribution >= 0.6 is 11.6 Å². The summed E-state index contributed by atoms with van der Waals surface area (Å²) >= 11 is 6.15. The van der Waals surface area contributed by atoms with Crippen molar-refractivity contribution in [1.82, 2.24) is 9.97 Å². The Kier molecular flexibility index (Phi) is 1.73. The second-order valence-corrected chi connectivity index (χ2v) is 4.01. The lowest BCUT2D eigenvalue weighted by Gasteiger charge is -1.96. The molecule has 0 saturated heterocycles. The van der Waals surface area contributed by atoms with E-state index in [1.54, 1.807) is 0 Å². The number of nitrogens with one attached hydrogen (secondary N) is 1. The number of nitrogens with zero attached hydrogens (tertiary/aromatic N) is 1. The number of H-pyrrole nitrogens is 1. The number of aromatic amines is 1. The first-order valence-electron chi connectivity index (χ1n) is 4.79. The van der Waals surface area contributed by atoms with Crippen LogP contribution in [0.4, 0.5) is 0 Å². The zero-order chi connectivity index (χ0) is 10.4. The van der Waals surface area contributed by atoms with E-state index in [2.05, 4.69) is 16.0 Å². The van der Waals surface area contributed by atoms with Crippen molar-refractivity contribution in [1.29, 1.82) is 0 Å². The van der Waals surface area contributed by atoms with Crippen molar-refractivity contribution in [2.45, 2.75) is 6.92 Å². The number of fused-ring (bicyclic) bond motifs is 3. The number of hydrogen-bond donors (Lipinski definition) is 1. The summed E-state index contributed by atoms with van der Waals surface area (Å²) in [7, 11) is 0. The van der Waals surface area contributed by atoms with E-state index in [1.165, 1.54) is 0 Å². The fourth-order valence-electron chi connectivity index (χ4n) is 1.95. The van der Waals surface area contributed by atoms with Gasteiger partial charge in [0.05, 0.1) is 5.52 Å². The van der Waals surface area contributed by atoms with Gasteiger partial charge < -0.3 is 4.98 Å². The molecule has 0 amide bonds. The van der Waals surface area contributed by atoms with Gasteiger partial charge in [-0.1, -0.05) is 29.8 Å². The third kappa shape index (κ3) is 1.22. The van der Waals surface area contributed by atoms with Crippen LogP contribution in [-0.2, 0) is 0 Å². The summed E-state index contributed by atoms with van der Waals surface area (Å²) < 4.78 is 0. The molecule has 0 aliphatic rings. The van der Waals surface area contributed by atoms with Crippen molar-refractivity contribution in [3.63, 3.8) is 0 Å². The first kappa shape index (κ1) is 8.74. The van der Waals surface area contributed by atoms with E-state index in [4.69, 9.17) is 11.6 Å². The molecule has 0 aliphatic heterocycles. The van der Waals surface area contributed by atoms with Crippen LogP contribution in [0.15, 0.2) is 30.3 Å². The molecule has 2 aromatic heterocycles. The molecule has 74 valence electrons. The average Bonchev–Trinajstić information content (AvgIpc) is 2.54. The van der Waals surface area contributed by atoms with E-state index in [0.29, 0.717) is 5.15 Å². The van der Waals surface area contributed by atoms with Crippen LogP contribution < -0.4 is 0 Å². The maximum Gasteiger partial charge on any atom is 0.139 e. The minimum atomic E-state index is 0.572. The summed E-state index contributed by atoms with van der Waals surface area (Å²) in [5, 5.41) is 2.71. The maximum atomic E-state index is 6.15. The zero-order valence-electron chi connectivity index (χ0n) is 8.21. The highest BCUT2D eigenvalue weighted by atomic mass is 35.5. The second-order valence-electron chi connectivity index (χ2n) is 3.65. The summed E-state index contributed by atoms with van der Waals surface area (Å²) in [4.78, 5) is 7.60. The van der Waals surface area contributed by atoms with Crippen LogP contribution in [0.2, 0.25) is 5.15 Å². The molecule has 0 spiro atoms. The molecule has 3 heteroatoms. The Morgan fingerprint density at radius 1 is 1.20 bits per heavy atom. The molecule has 0 saturated carbocycles. The van der Waals surface area contributed by atoms with Crippen molar-refractivity contribution in [3.8, 4) is 0 Å². The molecule has 15 heavy (non-hydrogen) atoms. The van der Waals surface area contributed by atoms with Gasteiger partial charge >= 0.3 is 0 Å². The van der Waals surface area contributed by atoms with Gasteiger partial charge in [0, 0.05) is 22.0 Å². The van der Waals surface area contributed by atoms with E-state index in [-0.39, 0.29) is 0 Å². The molecule has 1 aromatic carbocycles. The lowest BCUT2D eigenvalue weighted by atomic mass is 10.2. The summed E-state index contributed by atoms with van der Waals surface area (Å²) in [6, 6.07) is 10.1. The van der Waals surface area contributed by atoms with Crippen molar-refractivity contribution in [2.24, 2.45) is 0 Å². The van der Waals surface area contributed by atoms with Gasteiger partial charge in [0.1, 0.15) is 5.15 Å². The number of aryl methyl sites for hydroxylation is 1. The smallest absolute Gasteiger partial charge is 0.139 e.